The van der Waals surface area contributed by atoms with Gasteiger partial charge in [-0.25, -0.2) is 0 Å². The van der Waals surface area contributed by atoms with Crippen molar-refractivity contribution in [2.75, 3.05) is 5.73 Å². The number of nitrogens with two attached hydrogens (primary N) is 1. The molecule has 0 aliphatic rings. The number of hydrogen-bond acceptors (Lipinski definition) is 3. The number of phenolic OH excluding ortho intramolecular Hbond substituents is 1. The summed E-state index contributed by atoms with van der Waals surface area (Å²) in [6, 6.07) is 8.17. The van der Waals surface area contributed by atoms with Gasteiger partial charge in [0.1, 0.15) is 5.75 Å². The molecule has 98 valence electrons. The van der Waals surface area contributed by atoms with Gasteiger partial charge >= 0.3 is 0 Å². The maximum Gasteiger partial charge on any atom is 0.124 e. The molecule has 0 heterocycles. The zero-order valence-corrected chi connectivity index (χ0v) is 12.7. The van der Waals surface area contributed by atoms with Crippen LogP contribution in [0.3, 0.4) is 0 Å². The number of hydrogen-bond donors (Lipinski definition) is 2. The van der Waals surface area contributed by atoms with Gasteiger partial charge in [-0.2, -0.15) is 0 Å². The van der Waals surface area contributed by atoms with Gasteiger partial charge in [0.05, 0.1) is 21.4 Å². The van der Waals surface area contributed by atoms with Crippen LogP contribution in [-0.2, 0) is 0 Å². The average molecular weight is 360 g/mol. The number of phenols is 1. The standard InChI is InChI=1S/C13H9BrCl2N2O/c14-8-1-2-13(19)7(3-8)6-18-12-5-10(16)9(15)4-11(12)17/h1-6,19H,17H2/b18-6+. The van der Waals surface area contributed by atoms with Crippen LogP contribution in [0.2, 0.25) is 10.0 Å². The van der Waals surface area contributed by atoms with Crippen molar-refractivity contribution in [1.82, 2.24) is 0 Å². The van der Waals surface area contributed by atoms with E-state index in [2.05, 4.69) is 20.9 Å². The van der Waals surface area contributed by atoms with Gasteiger partial charge in [-0.05, 0) is 30.3 Å². The van der Waals surface area contributed by atoms with Gasteiger partial charge in [0.15, 0.2) is 0 Å². The summed E-state index contributed by atoms with van der Waals surface area (Å²) in [6.45, 7) is 0. The first-order chi connectivity index (χ1) is 8.97. The van der Waals surface area contributed by atoms with E-state index < -0.39 is 0 Å². The lowest BCUT2D eigenvalue weighted by Gasteiger charge is -2.03. The van der Waals surface area contributed by atoms with E-state index in [0.29, 0.717) is 27.0 Å². The van der Waals surface area contributed by atoms with Crippen LogP contribution in [0.25, 0.3) is 0 Å². The van der Waals surface area contributed by atoms with Gasteiger partial charge in [-0.15, -0.1) is 0 Å². The molecule has 0 fully saturated rings. The third kappa shape index (κ3) is 3.41. The first kappa shape index (κ1) is 14.2. The van der Waals surface area contributed by atoms with Gasteiger partial charge in [-0.1, -0.05) is 39.1 Å². The van der Waals surface area contributed by atoms with Crippen molar-refractivity contribution in [2.45, 2.75) is 0 Å². The zero-order chi connectivity index (χ0) is 14.0. The van der Waals surface area contributed by atoms with Crippen molar-refractivity contribution in [3.05, 3.63) is 50.4 Å². The first-order valence-corrected chi connectivity index (χ1v) is 6.79. The van der Waals surface area contributed by atoms with Crippen LogP contribution < -0.4 is 5.73 Å². The molecular weight excluding hydrogens is 351 g/mol. The molecule has 0 aromatic heterocycles. The highest BCUT2D eigenvalue weighted by Crippen LogP contribution is 2.32. The maximum absolute atomic E-state index is 9.69. The van der Waals surface area contributed by atoms with Crippen molar-refractivity contribution < 1.29 is 5.11 Å². The van der Waals surface area contributed by atoms with E-state index >= 15 is 0 Å². The Kier molecular flexibility index (Phi) is 4.34. The van der Waals surface area contributed by atoms with Crippen molar-refractivity contribution in [3.8, 4) is 5.75 Å². The summed E-state index contributed by atoms with van der Waals surface area (Å²) in [5, 5.41) is 10.4. The normalized spacial score (nSPS) is 11.1. The molecule has 0 aliphatic carbocycles. The lowest BCUT2D eigenvalue weighted by atomic mass is 10.2. The van der Waals surface area contributed by atoms with Crippen LogP contribution in [-0.4, -0.2) is 11.3 Å². The summed E-state index contributed by atoms with van der Waals surface area (Å²) in [5.74, 6) is 0.130. The Balaban J connectivity index is 2.38. The second-order valence-corrected chi connectivity index (χ2v) is 5.52. The van der Waals surface area contributed by atoms with Crippen molar-refractivity contribution >= 4 is 56.7 Å². The summed E-state index contributed by atoms with van der Waals surface area (Å²) >= 11 is 15.1. The third-order valence-electron chi connectivity index (χ3n) is 2.40. The van der Waals surface area contributed by atoms with Crippen molar-refractivity contribution in [1.29, 1.82) is 0 Å². The highest BCUT2D eigenvalue weighted by atomic mass is 79.9. The van der Waals surface area contributed by atoms with Crippen LogP contribution in [0, 0.1) is 0 Å². The molecule has 0 atom stereocenters. The molecule has 2 rings (SSSR count). The van der Waals surface area contributed by atoms with Crippen LogP contribution in [0.5, 0.6) is 5.75 Å². The molecular formula is C13H9BrCl2N2O. The van der Waals surface area contributed by atoms with E-state index in [1.165, 1.54) is 12.3 Å². The molecule has 0 saturated heterocycles. The Morgan fingerprint density at radius 2 is 1.84 bits per heavy atom. The Morgan fingerprint density at radius 1 is 1.16 bits per heavy atom. The van der Waals surface area contributed by atoms with Gasteiger partial charge < -0.3 is 10.8 Å². The third-order valence-corrected chi connectivity index (χ3v) is 3.62. The number of nitrogen functional groups attached to an aromatic ring is 1. The fraction of sp³-hybridized carbons (Fsp3) is 0. The summed E-state index contributed by atoms with van der Waals surface area (Å²) in [4.78, 5) is 4.21. The second kappa shape index (κ2) is 5.82. The van der Waals surface area contributed by atoms with Crippen LogP contribution in [0.4, 0.5) is 11.4 Å². The Hall–Kier alpha value is -1.23. The van der Waals surface area contributed by atoms with Gasteiger partial charge in [0, 0.05) is 16.3 Å². The van der Waals surface area contributed by atoms with Crippen LogP contribution in [0.1, 0.15) is 5.56 Å². The SMILES string of the molecule is Nc1cc(Cl)c(Cl)cc1/N=C/c1cc(Br)ccc1O. The zero-order valence-electron chi connectivity index (χ0n) is 9.57. The molecule has 0 radical (unpaired) electrons. The van der Waals surface area contributed by atoms with Crippen molar-refractivity contribution in [2.24, 2.45) is 4.99 Å². The van der Waals surface area contributed by atoms with E-state index in [0.717, 1.165) is 4.47 Å². The quantitative estimate of drug-likeness (QED) is 0.598. The lowest BCUT2D eigenvalue weighted by Crippen LogP contribution is -1.87. The van der Waals surface area contributed by atoms with Gasteiger partial charge in [-0.3, -0.25) is 4.99 Å². The minimum absolute atomic E-state index is 0.130. The number of rotatable bonds is 2. The highest BCUT2D eigenvalue weighted by Gasteiger charge is 2.04. The van der Waals surface area contributed by atoms with Crippen LogP contribution in [0.15, 0.2) is 39.8 Å². The largest absolute Gasteiger partial charge is 0.507 e. The molecule has 2 aromatic carbocycles. The Labute approximate surface area is 128 Å². The predicted molar refractivity (Wildman–Crippen MR) is 83.9 cm³/mol. The maximum atomic E-state index is 9.69. The molecule has 6 heteroatoms. The molecule has 19 heavy (non-hydrogen) atoms. The fourth-order valence-electron chi connectivity index (χ4n) is 1.43. The number of nitrogens with zero attached hydrogens (tertiary/aromatic N) is 1. The minimum Gasteiger partial charge on any atom is -0.507 e. The lowest BCUT2D eigenvalue weighted by molar-refractivity contribution is 0.474. The van der Waals surface area contributed by atoms with E-state index in [9.17, 15) is 5.11 Å². The average Bonchev–Trinajstić information content (AvgIpc) is 2.36. The van der Waals surface area contributed by atoms with E-state index in [-0.39, 0.29) is 5.75 Å². The Bertz CT molecular complexity index is 659. The fourth-order valence-corrected chi connectivity index (χ4v) is 2.14. The number of aromatic hydroxyl groups is 1. The molecule has 0 amide bonds. The van der Waals surface area contributed by atoms with Gasteiger partial charge in [0.2, 0.25) is 0 Å². The number of anilines is 1. The smallest absolute Gasteiger partial charge is 0.124 e. The first-order valence-electron chi connectivity index (χ1n) is 5.24. The monoisotopic (exact) mass is 358 g/mol. The summed E-state index contributed by atoms with van der Waals surface area (Å²) in [5.41, 5.74) is 7.27. The number of halogens is 3. The Morgan fingerprint density at radius 3 is 2.58 bits per heavy atom. The number of aliphatic imine (C=N–C) groups is 1. The minimum atomic E-state index is 0.130. The topological polar surface area (TPSA) is 58.6 Å². The highest BCUT2D eigenvalue weighted by molar-refractivity contribution is 9.10. The van der Waals surface area contributed by atoms with Crippen molar-refractivity contribution in [3.63, 3.8) is 0 Å². The molecule has 0 unspecified atom stereocenters. The molecule has 0 bridgehead atoms. The predicted octanol–water partition coefficient (Wildman–Crippen LogP) is 4.79. The van der Waals surface area contributed by atoms with E-state index in [1.54, 1.807) is 24.3 Å². The van der Waals surface area contributed by atoms with Gasteiger partial charge in [0.25, 0.3) is 0 Å². The summed E-state index contributed by atoms with van der Waals surface area (Å²) in [6.07, 6.45) is 1.51. The molecule has 3 N–H and O–H groups in total. The molecule has 3 nitrogen and oxygen atoms in total. The summed E-state index contributed by atoms with van der Waals surface area (Å²) in [7, 11) is 0. The summed E-state index contributed by atoms with van der Waals surface area (Å²) < 4.78 is 0.842. The molecule has 0 saturated carbocycles. The molecule has 0 spiro atoms. The number of benzene rings is 2. The second-order valence-electron chi connectivity index (χ2n) is 3.79. The molecule has 2 aromatic rings. The van der Waals surface area contributed by atoms with E-state index in [1.807, 2.05) is 0 Å². The van der Waals surface area contributed by atoms with Crippen LogP contribution >= 0.6 is 39.1 Å². The van der Waals surface area contributed by atoms with E-state index in [4.69, 9.17) is 28.9 Å². The molecule has 0 aliphatic heterocycles.